The number of nitrogens with one attached hydrogen (secondary N) is 1. The molecule has 0 saturated carbocycles. The Balaban J connectivity index is 1.68. The number of ether oxygens (including phenoxy) is 1. The van der Waals surface area contributed by atoms with Crippen LogP contribution in [-0.2, 0) is 6.42 Å². The minimum Gasteiger partial charge on any atom is -0.496 e. The molecule has 0 radical (unpaired) electrons. The lowest BCUT2D eigenvalue weighted by atomic mass is 10.1. The molecular formula is C18H19N5O2. The zero-order chi connectivity index (χ0) is 17.6. The van der Waals surface area contributed by atoms with Gasteiger partial charge in [0.1, 0.15) is 18.4 Å². The minimum atomic E-state index is -0.161. The highest BCUT2D eigenvalue weighted by molar-refractivity contribution is 5.94. The normalized spacial score (nSPS) is 11.8. The van der Waals surface area contributed by atoms with E-state index in [1.54, 1.807) is 25.4 Å². The number of pyridine rings is 1. The van der Waals surface area contributed by atoms with E-state index in [0.717, 1.165) is 11.3 Å². The third kappa shape index (κ3) is 4.00. The topological polar surface area (TPSA) is 81.9 Å². The van der Waals surface area contributed by atoms with Crippen LogP contribution in [-0.4, -0.2) is 38.8 Å². The number of hydrogen-bond donors (Lipinski definition) is 1. The molecule has 0 aliphatic rings. The Morgan fingerprint density at radius 2 is 2.16 bits per heavy atom. The number of para-hydroxylation sites is 1. The molecule has 3 rings (SSSR count). The summed E-state index contributed by atoms with van der Waals surface area (Å²) in [5.41, 5.74) is 1.57. The summed E-state index contributed by atoms with van der Waals surface area (Å²) in [7, 11) is 1.64. The summed E-state index contributed by atoms with van der Waals surface area (Å²) in [5, 5.41) is 7.02. The zero-order valence-electron chi connectivity index (χ0n) is 14.1. The second-order valence-electron chi connectivity index (χ2n) is 5.63. The van der Waals surface area contributed by atoms with Gasteiger partial charge in [-0.15, -0.1) is 0 Å². The number of rotatable bonds is 6. The van der Waals surface area contributed by atoms with Crippen molar-refractivity contribution in [3.8, 4) is 11.6 Å². The fourth-order valence-electron chi connectivity index (χ4n) is 2.57. The van der Waals surface area contributed by atoms with Crippen LogP contribution in [0.3, 0.4) is 0 Å². The van der Waals surface area contributed by atoms with Crippen LogP contribution in [0.15, 0.2) is 55.2 Å². The molecule has 1 atom stereocenters. The maximum absolute atomic E-state index is 12.5. The van der Waals surface area contributed by atoms with Crippen molar-refractivity contribution in [3.63, 3.8) is 0 Å². The maximum Gasteiger partial charge on any atom is 0.251 e. The van der Waals surface area contributed by atoms with Gasteiger partial charge >= 0.3 is 0 Å². The molecule has 25 heavy (non-hydrogen) atoms. The van der Waals surface area contributed by atoms with Gasteiger partial charge in [0.25, 0.3) is 5.91 Å². The SMILES string of the molecule is COc1ccccc1C[C@@H](C)NC(=O)c1ccnc(-n2cncn2)c1. The van der Waals surface area contributed by atoms with E-state index in [0.29, 0.717) is 17.8 Å². The van der Waals surface area contributed by atoms with E-state index >= 15 is 0 Å². The number of carbonyl (C=O) groups is 1. The third-order valence-corrected chi connectivity index (χ3v) is 3.76. The molecule has 1 amide bonds. The van der Waals surface area contributed by atoms with Gasteiger partial charge in [0.05, 0.1) is 7.11 Å². The summed E-state index contributed by atoms with van der Waals surface area (Å²) in [6, 6.07) is 11.1. The second-order valence-corrected chi connectivity index (χ2v) is 5.63. The molecule has 1 aromatic carbocycles. The van der Waals surface area contributed by atoms with E-state index in [1.807, 2.05) is 31.2 Å². The van der Waals surface area contributed by atoms with Crippen LogP contribution in [0.2, 0.25) is 0 Å². The first kappa shape index (κ1) is 16.6. The van der Waals surface area contributed by atoms with E-state index in [2.05, 4.69) is 20.4 Å². The Morgan fingerprint density at radius 3 is 2.92 bits per heavy atom. The molecule has 0 spiro atoms. The number of benzene rings is 1. The summed E-state index contributed by atoms with van der Waals surface area (Å²) < 4.78 is 6.87. The Kier molecular flexibility index (Phi) is 5.03. The quantitative estimate of drug-likeness (QED) is 0.744. The smallest absolute Gasteiger partial charge is 0.251 e. The van der Waals surface area contributed by atoms with E-state index in [-0.39, 0.29) is 11.9 Å². The fraction of sp³-hybridized carbons (Fsp3) is 0.222. The molecule has 128 valence electrons. The largest absolute Gasteiger partial charge is 0.496 e. The van der Waals surface area contributed by atoms with Gasteiger partial charge in [0.2, 0.25) is 0 Å². The maximum atomic E-state index is 12.5. The number of nitrogens with zero attached hydrogens (tertiary/aromatic N) is 4. The molecule has 3 aromatic rings. The molecule has 7 nitrogen and oxygen atoms in total. The molecule has 0 aliphatic carbocycles. The number of amides is 1. The molecule has 1 N–H and O–H groups in total. The second kappa shape index (κ2) is 7.57. The summed E-state index contributed by atoms with van der Waals surface area (Å²) in [5.74, 6) is 1.20. The molecule has 0 aliphatic heterocycles. The summed E-state index contributed by atoms with van der Waals surface area (Å²) in [6.45, 7) is 1.96. The van der Waals surface area contributed by atoms with Crippen LogP contribution in [0.4, 0.5) is 0 Å². The van der Waals surface area contributed by atoms with Gasteiger partial charge in [-0.25, -0.2) is 14.6 Å². The van der Waals surface area contributed by atoms with Gasteiger partial charge in [-0.05, 0) is 37.1 Å². The number of carbonyl (C=O) groups excluding carboxylic acids is 1. The Morgan fingerprint density at radius 1 is 1.32 bits per heavy atom. The summed E-state index contributed by atoms with van der Waals surface area (Å²) >= 11 is 0. The molecule has 0 saturated heterocycles. The lowest BCUT2D eigenvalue weighted by Crippen LogP contribution is -2.34. The van der Waals surface area contributed by atoms with Crippen LogP contribution in [0.5, 0.6) is 5.75 Å². The van der Waals surface area contributed by atoms with Crippen LogP contribution >= 0.6 is 0 Å². The van der Waals surface area contributed by atoms with Crippen molar-refractivity contribution in [2.75, 3.05) is 7.11 Å². The van der Waals surface area contributed by atoms with Gasteiger partial charge < -0.3 is 10.1 Å². The Bertz CT molecular complexity index is 848. The molecule has 2 heterocycles. The Hall–Kier alpha value is -3.22. The number of hydrogen-bond acceptors (Lipinski definition) is 5. The van der Waals surface area contributed by atoms with E-state index in [1.165, 1.54) is 17.3 Å². The first-order valence-corrected chi connectivity index (χ1v) is 7.91. The first-order valence-electron chi connectivity index (χ1n) is 7.91. The first-order chi connectivity index (χ1) is 12.2. The van der Waals surface area contributed by atoms with Crippen LogP contribution < -0.4 is 10.1 Å². The standard InChI is InChI=1S/C18H19N5O2/c1-13(9-14-5-3-4-6-16(14)25-2)22-18(24)15-7-8-20-17(10-15)23-12-19-11-21-23/h3-8,10-13H,9H2,1-2H3,(H,22,24)/t13-/m1/s1. The highest BCUT2D eigenvalue weighted by atomic mass is 16.5. The van der Waals surface area contributed by atoms with Gasteiger partial charge in [0, 0.05) is 17.8 Å². The molecule has 2 aromatic heterocycles. The summed E-state index contributed by atoms with van der Waals surface area (Å²) in [4.78, 5) is 20.6. The lowest BCUT2D eigenvalue weighted by Gasteiger charge is -2.16. The monoisotopic (exact) mass is 337 g/mol. The van der Waals surface area contributed by atoms with Crippen molar-refractivity contribution in [1.29, 1.82) is 0 Å². The third-order valence-electron chi connectivity index (χ3n) is 3.76. The zero-order valence-corrected chi connectivity index (χ0v) is 14.1. The van der Waals surface area contributed by atoms with Crippen LogP contribution in [0.1, 0.15) is 22.8 Å². The van der Waals surface area contributed by atoms with Crippen molar-refractivity contribution >= 4 is 5.91 Å². The average molecular weight is 337 g/mol. The van der Waals surface area contributed by atoms with Gasteiger partial charge in [-0.3, -0.25) is 4.79 Å². The Labute approximate surface area is 145 Å². The molecule has 7 heteroatoms. The van der Waals surface area contributed by atoms with Crippen molar-refractivity contribution < 1.29 is 9.53 Å². The lowest BCUT2D eigenvalue weighted by molar-refractivity contribution is 0.0940. The van der Waals surface area contributed by atoms with Crippen molar-refractivity contribution in [3.05, 3.63) is 66.4 Å². The fourth-order valence-corrected chi connectivity index (χ4v) is 2.57. The summed E-state index contributed by atoms with van der Waals surface area (Å²) in [6.07, 6.45) is 5.21. The number of aromatic nitrogens is 4. The van der Waals surface area contributed by atoms with Crippen molar-refractivity contribution in [1.82, 2.24) is 25.1 Å². The highest BCUT2D eigenvalue weighted by Gasteiger charge is 2.13. The highest BCUT2D eigenvalue weighted by Crippen LogP contribution is 2.19. The van der Waals surface area contributed by atoms with E-state index < -0.39 is 0 Å². The molecule has 0 fully saturated rings. The van der Waals surface area contributed by atoms with E-state index in [9.17, 15) is 4.79 Å². The van der Waals surface area contributed by atoms with Gasteiger partial charge in [0.15, 0.2) is 5.82 Å². The minimum absolute atomic E-state index is 0.0493. The molecule has 0 unspecified atom stereocenters. The predicted octanol–water partition coefficient (Wildman–Crippen LogP) is 2.03. The molecular weight excluding hydrogens is 318 g/mol. The van der Waals surface area contributed by atoms with Crippen LogP contribution in [0, 0.1) is 0 Å². The van der Waals surface area contributed by atoms with Gasteiger partial charge in [-0.1, -0.05) is 18.2 Å². The average Bonchev–Trinajstić information content (AvgIpc) is 3.17. The van der Waals surface area contributed by atoms with Crippen molar-refractivity contribution in [2.24, 2.45) is 0 Å². The van der Waals surface area contributed by atoms with Crippen LogP contribution in [0.25, 0.3) is 5.82 Å². The van der Waals surface area contributed by atoms with E-state index in [4.69, 9.17) is 4.74 Å². The molecule has 0 bridgehead atoms. The van der Waals surface area contributed by atoms with Crippen molar-refractivity contribution in [2.45, 2.75) is 19.4 Å². The van der Waals surface area contributed by atoms with Gasteiger partial charge in [-0.2, -0.15) is 5.10 Å². The number of methoxy groups -OCH3 is 1. The predicted molar refractivity (Wildman–Crippen MR) is 92.8 cm³/mol.